The van der Waals surface area contributed by atoms with Crippen molar-refractivity contribution >= 4 is 11.5 Å². The lowest BCUT2D eigenvalue weighted by atomic mass is 10.0. The zero-order chi connectivity index (χ0) is 16.6. The summed E-state index contributed by atoms with van der Waals surface area (Å²) in [6.07, 6.45) is 4.09. The van der Waals surface area contributed by atoms with Crippen LogP contribution in [0.15, 0.2) is 28.8 Å². The average Bonchev–Trinajstić information content (AvgIpc) is 3.34. The van der Waals surface area contributed by atoms with E-state index in [4.69, 9.17) is 9.26 Å². The largest absolute Gasteiger partial charge is 0.370 e. The molecule has 1 saturated carbocycles. The maximum Gasteiger partial charge on any atom is 0.272 e. The Morgan fingerprint density at radius 2 is 2.00 bits per heavy atom. The lowest BCUT2D eigenvalue weighted by Gasteiger charge is -2.22. The van der Waals surface area contributed by atoms with Crippen LogP contribution in [-0.2, 0) is 10.3 Å². The topological polar surface area (TPSA) is 73.9 Å². The zero-order valence-corrected chi connectivity index (χ0v) is 14.5. The van der Waals surface area contributed by atoms with Crippen molar-refractivity contribution in [3.63, 3.8) is 0 Å². The van der Waals surface area contributed by atoms with E-state index < -0.39 is 5.60 Å². The molecule has 0 bridgehead atoms. The first kappa shape index (κ1) is 15.4. The number of hydrogen-bond donors (Lipinski definition) is 0. The Labute approximate surface area is 144 Å². The van der Waals surface area contributed by atoms with Crippen molar-refractivity contribution in [3.05, 3.63) is 35.7 Å². The van der Waals surface area contributed by atoms with Gasteiger partial charge < -0.3 is 9.26 Å². The van der Waals surface area contributed by atoms with Gasteiger partial charge in [0, 0.05) is 12.7 Å². The van der Waals surface area contributed by atoms with Crippen molar-refractivity contribution in [2.24, 2.45) is 0 Å². The van der Waals surface area contributed by atoms with Gasteiger partial charge in [0.1, 0.15) is 16.2 Å². The Kier molecular flexibility index (Phi) is 3.90. The number of aryl methyl sites for hydroxylation is 1. The standard InChI is InChI=1S/C17H18N4O2S/c1-11-7-3-4-8-12(11)13-14(24-21-19-13)15-18-16(20-23-15)17(22-2)9-5-6-10-17/h3-4,7-8H,5-6,9-10H2,1-2H3. The lowest BCUT2D eigenvalue weighted by Crippen LogP contribution is -2.25. The van der Waals surface area contributed by atoms with Crippen molar-refractivity contribution in [2.45, 2.75) is 38.2 Å². The molecule has 1 aliphatic carbocycles. The van der Waals surface area contributed by atoms with E-state index in [9.17, 15) is 0 Å². The predicted molar refractivity (Wildman–Crippen MR) is 90.5 cm³/mol. The molecule has 0 spiro atoms. The Balaban J connectivity index is 1.74. The molecule has 124 valence electrons. The first-order valence-electron chi connectivity index (χ1n) is 8.01. The molecule has 1 fully saturated rings. The highest BCUT2D eigenvalue weighted by molar-refractivity contribution is 7.09. The summed E-state index contributed by atoms with van der Waals surface area (Å²) >= 11 is 1.27. The Morgan fingerprint density at radius 1 is 1.21 bits per heavy atom. The Bertz CT molecular complexity index is 852. The van der Waals surface area contributed by atoms with Crippen molar-refractivity contribution in [1.82, 2.24) is 19.7 Å². The SMILES string of the molecule is COC1(c2noc(-c3snnc3-c3ccccc3C)n2)CCCC1. The van der Waals surface area contributed by atoms with Crippen LogP contribution in [0.3, 0.4) is 0 Å². The second-order valence-corrected chi connectivity index (χ2v) is 6.85. The molecule has 0 radical (unpaired) electrons. The van der Waals surface area contributed by atoms with Gasteiger partial charge in [0.15, 0.2) is 0 Å². The van der Waals surface area contributed by atoms with Gasteiger partial charge in [-0.25, -0.2) is 0 Å². The van der Waals surface area contributed by atoms with E-state index in [0.717, 1.165) is 47.4 Å². The molecule has 0 aliphatic heterocycles. The molecule has 0 atom stereocenters. The van der Waals surface area contributed by atoms with Crippen LogP contribution in [0, 0.1) is 6.92 Å². The summed E-state index contributed by atoms with van der Waals surface area (Å²) in [6.45, 7) is 2.05. The van der Waals surface area contributed by atoms with Gasteiger partial charge in [-0.1, -0.05) is 33.9 Å². The zero-order valence-electron chi connectivity index (χ0n) is 13.7. The number of hydrogen-bond acceptors (Lipinski definition) is 7. The minimum atomic E-state index is -0.414. The molecular weight excluding hydrogens is 324 g/mol. The molecule has 24 heavy (non-hydrogen) atoms. The van der Waals surface area contributed by atoms with Crippen LogP contribution in [0.1, 0.15) is 37.1 Å². The molecule has 4 rings (SSSR count). The van der Waals surface area contributed by atoms with E-state index in [2.05, 4.69) is 32.7 Å². The maximum absolute atomic E-state index is 5.74. The van der Waals surface area contributed by atoms with Crippen LogP contribution in [0.2, 0.25) is 0 Å². The van der Waals surface area contributed by atoms with E-state index >= 15 is 0 Å². The summed E-state index contributed by atoms with van der Waals surface area (Å²) in [5.74, 6) is 1.09. The quantitative estimate of drug-likeness (QED) is 0.714. The van der Waals surface area contributed by atoms with Gasteiger partial charge in [0.05, 0.1) is 0 Å². The minimum absolute atomic E-state index is 0.414. The number of methoxy groups -OCH3 is 1. The normalized spacial score (nSPS) is 16.6. The highest BCUT2D eigenvalue weighted by Crippen LogP contribution is 2.41. The molecule has 0 saturated heterocycles. The average molecular weight is 342 g/mol. The molecule has 0 unspecified atom stereocenters. The van der Waals surface area contributed by atoms with Gasteiger partial charge in [-0.15, -0.1) is 5.10 Å². The van der Waals surface area contributed by atoms with Gasteiger partial charge in [0.2, 0.25) is 5.82 Å². The number of ether oxygens (including phenoxy) is 1. The van der Waals surface area contributed by atoms with E-state index in [1.54, 1.807) is 7.11 Å². The molecule has 3 aromatic rings. The monoisotopic (exact) mass is 342 g/mol. The number of rotatable bonds is 4. The molecule has 2 heterocycles. The van der Waals surface area contributed by atoms with E-state index in [1.807, 2.05) is 18.2 Å². The van der Waals surface area contributed by atoms with Crippen LogP contribution in [0.4, 0.5) is 0 Å². The molecule has 6 nitrogen and oxygen atoms in total. The molecule has 2 aromatic heterocycles. The molecule has 1 aliphatic rings. The van der Waals surface area contributed by atoms with Crippen molar-refractivity contribution < 1.29 is 9.26 Å². The smallest absolute Gasteiger partial charge is 0.272 e. The summed E-state index contributed by atoms with van der Waals surface area (Å²) < 4.78 is 15.4. The lowest BCUT2D eigenvalue weighted by molar-refractivity contribution is -0.0178. The van der Waals surface area contributed by atoms with Crippen LogP contribution in [-0.4, -0.2) is 26.8 Å². The number of benzene rings is 1. The summed E-state index contributed by atoms with van der Waals surface area (Å²) in [6, 6.07) is 8.07. The third-order valence-electron chi connectivity index (χ3n) is 4.72. The van der Waals surface area contributed by atoms with E-state index in [0.29, 0.717) is 11.7 Å². The minimum Gasteiger partial charge on any atom is -0.370 e. The van der Waals surface area contributed by atoms with Gasteiger partial charge in [-0.3, -0.25) is 0 Å². The van der Waals surface area contributed by atoms with Gasteiger partial charge in [-0.05, 0) is 49.7 Å². The van der Waals surface area contributed by atoms with Gasteiger partial charge >= 0.3 is 0 Å². The van der Waals surface area contributed by atoms with Crippen molar-refractivity contribution in [3.8, 4) is 22.0 Å². The fourth-order valence-electron chi connectivity index (χ4n) is 3.31. The Morgan fingerprint density at radius 3 is 2.75 bits per heavy atom. The first-order valence-corrected chi connectivity index (χ1v) is 8.79. The number of aromatic nitrogens is 4. The summed E-state index contributed by atoms with van der Waals surface area (Å²) in [5, 5.41) is 8.47. The molecule has 0 amide bonds. The van der Waals surface area contributed by atoms with Gasteiger partial charge in [-0.2, -0.15) is 4.98 Å². The predicted octanol–water partition coefficient (Wildman–Crippen LogP) is 3.98. The fourth-order valence-corrected chi connectivity index (χ4v) is 3.91. The third-order valence-corrected chi connectivity index (χ3v) is 5.43. The van der Waals surface area contributed by atoms with Crippen LogP contribution < -0.4 is 0 Å². The third kappa shape index (κ3) is 2.44. The highest BCUT2D eigenvalue weighted by atomic mass is 32.1. The van der Waals surface area contributed by atoms with Crippen molar-refractivity contribution in [2.75, 3.05) is 7.11 Å². The van der Waals surface area contributed by atoms with Crippen LogP contribution in [0.25, 0.3) is 22.0 Å². The Hall–Kier alpha value is -2.12. The summed E-state index contributed by atoms with van der Waals surface area (Å²) in [7, 11) is 1.72. The molecule has 7 heteroatoms. The van der Waals surface area contributed by atoms with E-state index in [-0.39, 0.29) is 0 Å². The second kappa shape index (κ2) is 6.07. The second-order valence-electron chi connectivity index (χ2n) is 6.09. The van der Waals surface area contributed by atoms with E-state index in [1.165, 1.54) is 11.5 Å². The van der Waals surface area contributed by atoms with Crippen LogP contribution in [0.5, 0.6) is 0 Å². The maximum atomic E-state index is 5.74. The number of nitrogens with zero attached hydrogens (tertiary/aromatic N) is 4. The molecule has 1 aromatic carbocycles. The molecular formula is C17H18N4O2S. The van der Waals surface area contributed by atoms with Gasteiger partial charge in [0.25, 0.3) is 5.89 Å². The summed E-state index contributed by atoms with van der Waals surface area (Å²) in [4.78, 5) is 5.42. The molecule has 0 N–H and O–H groups in total. The summed E-state index contributed by atoms with van der Waals surface area (Å²) in [5.41, 5.74) is 2.53. The fraction of sp³-hybridized carbons (Fsp3) is 0.412. The van der Waals surface area contributed by atoms with Crippen molar-refractivity contribution in [1.29, 1.82) is 0 Å². The first-order chi connectivity index (χ1) is 11.7. The highest BCUT2D eigenvalue weighted by Gasteiger charge is 2.40. The van der Waals surface area contributed by atoms with Crippen LogP contribution >= 0.6 is 11.5 Å².